The molecule has 0 aliphatic rings. The lowest BCUT2D eigenvalue weighted by Gasteiger charge is -2.16. The third-order valence-electron chi connectivity index (χ3n) is 3.48. The molecule has 122 valence electrons. The highest BCUT2D eigenvalue weighted by Gasteiger charge is 2.08. The summed E-state index contributed by atoms with van der Waals surface area (Å²) in [6.07, 6.45) is 0. The van der Waals surface area contributed by atoms with E-state index >= 15 is 0 Å². The molecule has 0 aromatic heterocycles. The maximum absolute atomic E-state index is 13.4. The largest absolute Gasteiger partial charge is 0.351 e. The van der Waals surface area contributed by atoms with Crippen molar-refractivity contribution in [2.45, 2.75) is 20.0 Å². The molecule has 0 unspecified atom stereocenters. The topological polar surface area (TPSA) is 32.3 Å². The Morgan fingerprint density at radius 3 is 2.61 bits per heavy atom. The number of hydrogen-bond donors (Lipinski definition) is 1. The Bertz CT molecular complexity index is 688. The molecule has 0 bridgehead atoms. The summed E-state index contributed by atoms with van der Waals surface area (Å²) in [7, 11) is 1.79. The summed E-state index contributed by atoms with van der Waals surface area (Å²) >= 11 is 0. The smallest absolute Gasteiger partial charge is 0.234 e. The van der Waals surface area contributed by atoms with Crippen LogP contribution in [0.1, 0.15) is 16.7 Å². The van der Waals surface area contributed by atoms with Crippen molar-refractivity contribution in [2.24, 2.45) is 0 Å². The van der Waals surface area contributed by atoms with Gasteiger partial charge in [-0.3, -0.25) is 9.69 Å². The van der Waals surface area contributed by atoms with Crippen LogP contribution in [0, 0.1) is 18.6 Å². The monoisotopic (exact) mass is 318 g/mol. The van der Waals surface area contributed by atoms with Crippen LogP contribution in [0.5, 0.6) is 0 Å². The van der Waals surface area contributed by atoms with Gasteiger partial charge in [-0.15, -0.1) is 0 Å². The predicted octanol–water partition coefficient (Wildman–Crippen LogP) is 3.02. The number of carbonyl (C=O) groups excluding carboxylic acids is 1. The highest BCUT2D eigenvalue weighted by atomic mass is 19.1. The van der Waals surface area contributed by atoms with Crippen LogP contribution in [0.4, 0.5) is 8.78 Å². The summed E-state index contributed by atoms with van der Waals surface area (Å²) in [5.41, 5.74) is 2.10. The number of aryl methyl sites for hydroxylation is 1. The Morgan fingerprint density at radius 1 is 1.13 bits per heavy atom. The predicted molar refractivity (Wildman–Crippen MR) is 85.7 cm³/mol. The number of halogens is 2. The minimum atomic E-state index is -0.290. The number of hydrogen-bond acceptors (Lipinski definition) is 2. The van der Waals surface area contributed by atoms with E-state index in [0.717, 1.165) is 5.56 Å². The average molecular weight is 318 g/mol. The van der Waals surface area contributed by atoms with Crippen LogP contribution in [0.2, 0.25) is 0 Å². The zero-order valence-corrected chi connectivity index (χ0v) is 13.3. The van der Waals surface area contributed by atoms with E-state index in [9.17, 15) is 13.6 Å². The lowest BCUT2D eigenvalue weighted by atomic mass is 10.1. The Hall–Kier alpha value is -2.27. The second-order valence-corrected chi connectivity index (χ2v) is 5.66. The van der Waals surface area contributed by atoms with E-state index in [-0.39, 0.29) is 30.6 Å². The van der Waals surface area contributed by atoms with Gasteiger partial charge in [-0.2, -0.15) is 0 Å². The summed E-state index contributed by atoms with van der Waals surface area (Å²) in [4.78, 5) is 13.7. The first-order chi connectivity index (χ1) is 10.9. The van der Waals surface area contributed by atoms with Crippen LogP contribution in [0.15, 0.2) is 42.5 Å². The van der Waals surface area contributed by atoms with Crippen LogP contribution in [-0.4, -0.2) is 24.4 Å². The second-order valence-electron chi connectivity index (χ2n) is 5.66. The van der Waals surface area contributed by atoms with Crippen molar-refractivity contribution in [1.29, 1.82) is 0 Å². The van der Waals surface area contributed by atoms with Gasteiger partial charge in [0, 0.05) is 13.1 Å². The Morgan fingerprint density at radius 2 is 1.91 bits per heavy atom. The van der Waals surface area contributed by atoms with Gasteiger partial charge in [0.05, 0.1) is 6.54 Å². The van der Waals surface area contributed by atoms with Crippen molar-refractivity contribution < 1.29 is 13.6 Å². The van der Waals surface area contributed by atoms with E-state index in [2.05, 4.69) is 5.32 Å². The van der Waals surface area contributed by atoms with Gasteiger partial charge in [-0.05, 0) is 48.9 Å². The molecule has 0 radical (unpaired) electrons. The third kappa shape index (κ3) is 5.45. The minimum Gasteiger partial charge on any atom is -0.351 e. The molecule has 2 aromatic carbocycles. The molecule has 0 heterocycles. The van der Waals surface area contributed by atoms with Crippen molar-refractivity contribution in [2.75, 3.05) is 13.6 Å². The summed E-state index contributed by atoms with van der Waals surface area (Å²) in [6.45, 7) is 2.64. The first kappa shape index (κ1) is 17.1. The summed E-state index contributed by atoms with van der Waals surface area (Å²) < 4.78 is 26.6. The van der Waals surface area contributed by atoms with Gasteiger partial charge in [0.15, 0.2) is 0 Å². The van der Waals surface area contributed by atoms with E-state index in [1.165, 1.54) is 18.2 Å². The number of rotatable bonds is 6. The van der Waals surface area contributed by atoms with Crippen molar-refractivity contribution >= 4 is 5.91 Å². The Kier molecular flexibility index (Phi) is 5.82. The molecule has 0 fully saturated rings. The van der Waals surface area contributed by atoms with Crippen LogP contribution in [-0.2, 0) is 17.9 Å². The first-order valence-corrected chi connectivity index (χ1v) is 7.39. The summed E-state index contributed by atoms with van der Waals surface area (Å²) in [6, 6.07) is 11.2. The molecule has 0 spiro atoms. The Labute approximate surface area is 134 Å². The molecule has 2 aromatic rings. The maximum atomic E-state index is 13.4. The highest BCUT2D eigenvalue weighted by Crippen LogP contribution is 2.09. The van der Waals surface area contributed by atoms with Gasteiger partial charge in [-0.1, -0.05) is 24.3 Å². The third-order valence-corrected chi connectivity index (χ3v) is 3.48. The fraction of sp³-hybridized carbons (Fsp3) is 0.278. The van der Waals surface area contributed by atoms with Crippen LogP contribution < -0.4 is 5.32 Å². The standard InChI is InChI=1S/C18H20F2N2O/c1-13-6-7-14(9-17(13)20)10-21-18(23)12-22(2)11-15-4-3-5-16(19)8-15/h3-9H,10-12H2,1-2H3,(H,21,23). The van der Waals surface area contributed by atoms with Crippen LogP contribution in [0.3, 0.4) is 0 Å². The normalized spacial score (nSPS) is 10.8. The van der Waals surface area contributed by atoms with E-state index in [0.29, 0.717) is 17.7 Å². The van der Waals surface area contributed by atoms with Crippen LogP contribution >= 0.6 is 0 Å². The van der Waals surface area contributed by atoms with E-state index < -0.39 is 0 Å². The van der Waals surface area contributed by atoms with Gasteiger partial charge >= 0.3 is 0 Å². The molecule has 5 heteroatoms. The van der Waals surface area contributed by atoms with Gasteiger partial charge in [-0.25, -0.2) is 8.78 Å². The first-order valence-electron chi connectivity index (χ1n) is 7.39. The van der Waals surface area contributed by atoms with Gasteiger partial charge in [0.2, 0.25) is 5.91 Å². The molecule has 0 atom stereocenters. The number of nitrogens with one attached hydrogen (secondary N) is 1. The van der Waals surface area contributed by atoms with Crippen molar-refractivity contribution in [1.82, 2.24) is 10.2 Å². The molecule has 0 aliphatic carbocycles. The molecule has 3 nitrogen and oxygen atoms in total. The van der Waals surface area contributed by atoms with Gasteiger partial charge in [0.25, 0.3) is 0 Å². The van der Waals surface area contributed by atoms with Crippen molar-refractivity contribution in [3.8, 4) is 0 Å². The molecule has 0 saturated carbocycles. The lowest BCUT2D eigenvalue weighted by molar-refractivity contribution is -0.122. The van der Waals surface area contributed by atoms with Gasteiger partial charge in [0.1, 0.15) is 11.6 Å². The molecule has 23 heavy (non-hydrogen) atoms. The molecular formula is C18H20F2N2O. The number of benzene rings is 2. The Balaban J connectivity index is 1.80. The lowest BCUT2D eigenvalue weighted by Crippen LogP contribution is -2.34. The summed E-state index contributed by atoms with van der Waals surface area (Å²) in [5, 5.41) is 2.75. The molecule has 0 aliphatic heterocycles. The number of amides is 1. The number of nitrogens with zero attached hydrogens (tertiary/aromatic N) is 1. The number of likely N-dealkylation sites (N-methyl/N-ethyl adjacent to an activating group) is 1. The van der Waals surface area contributed by atoms with E-state index in [4.69, 9.17) is 0 Å². The van der Waals surface area contributed by atoms with E-state index in [1.807, 2.05) is 6.07 Å². The quantitative estimate of drug-likeness (QED) is 0.888. The molecular weight excluding hydrogens is 298 g/mol. The molecule has 1 N–H and O–H groups in total. The zero-order valence-electron chi connectivity index (χ0n) is 13.3. The van der Waals surface area contributed by atoms with Gasteiger partial charge < -0.3 is 5.32 Å². The SMILES string of the molecule is Cc1ccc(CNC(=O)CN(C)Cc2cccc(F)c2)cc1F. The second kappa shape index (κ2) is 7.83. The maximum Gasteiger partial charge on any atom is 0.234 e. The average Bonchev–Trinajstić information content (AvgIpc) is 2.48. The van der Waals surface area contributed by atoms with E-state index in [1.54, 1.807) is 37.1 Å². The minimum absolute atomic E-state index is 0.162. The highest BCUT2D eigenvalue weighted by molar-refractivity contribution is 5.77. The number of carbonyl (C=O) groups is 1. The van der Waals surface area contributed by atoms with Crippen molar-refractivity contribution in [3.63, 3.8) is 0 Å². The molecule has 2 rings (SSSR count). The fourth-order valence-corrected chi connectivity index (χ4v) is 2.25. The van der Waals surface area contributed by atoms with Crippen LogP contribution in [0.25, 0.3) is 0 Å². The van der Waals surface area contributed by atoms with Crippen molar-refractivity contribution in [3.05, 3.63) is 70.8 Å². The molecule has 0 saturated heterocycles. The summed E-state index contributed by atoms with van der Waals surface area (Å²) in [5.74, 6) is -0.730. The fourth-order valence-electron chi connectivity index (χ4n) is 2.25. The zero-order chi connectivity index (χ0) is 16.8. The molecule has 1 amide bonds.